The lowest BCUT2D eigenvalue weighted by Crippen LogP contribution is -2.09. The van der Waals surface area contributed by atoms with Crippen molar-refractivity contribution in [2.75, 3.05) is 0 Å². The second kappa shape index (κ2) is 4.57. The lowest BCUT2D eigenvalue weighted by Gasteiger charge is -2.08. The number of aromatic nitrogens is 3. The van der Waals surface area contributed by atoms with Gasteiger partial charge in [-0.25, -0.2) is 8.42 Å². The number of hydrogen-bond acceptors (Lipinski definition) is 4. The molecular weight excluding hydrogens is 262 g/mol. The smallest absolute Gasteiger partial charge is 0.296 e. The fourth-order valence-corrected chi connectivity index (χ4v) is 2.70. The van der Waals surface area contributed by atoms with Gasteiger partial charge in [-0.1, -0.05) is 13.8 Å². The van der Waals surface area contributed by atoms with Crippen LogP contribution in [0.5, 0.6) is 0 Å². The highest BCUT2D eigenvalue weighted by Crippen LogP contribution is 2.38. The highest BCUT2D eigenvalue weighted by molar-refractivity contribution is 8.13. The molecule has 96 valence electrons. The van der Waals surface area contributed by atoms with Gasteiger partial charge < -0.3 is 0 Å². The molecule has 0 saturated heterocycles. The van der Waals surface area contributed by atoms with E-state index in [4.69, 9.17) is 10.7 Å². The minimum absolute atomic E-state index is 0.0968. The van der Waals surface area contributed by atoms with Crippen LogP contribution in [-0.4, -0.2) is 23.2 Å². The van der Waals surface area contributed by atoms with Gasteiger partial charge in [0.15, 0.2) is 0 Å². The lowest BCUT2D eigenvalue weighted by molar-refractivity contribution is 0.536. The third-order valence-electron chi connectivity index (χ3n) is 2.81. The van der Waals surface area contributed by atoms with Crippen molar-refractivity contribution in [1.29, 1.82) is 0 Å². The second-order valence-corrected chi connectivity index (χ2v) is 7.33. The summed E-state index contributed by atoms with van der Waals surface area (Å²) in [6.07, 6.45) is 3.67. The second-order valence-electron chi connectivity index (χ2n) is 4.87. The van der Waals surface area contributed by atoms with E-state index in [1.807, 2.05) is 0 Å². The van der Waals surface area contributed by atoms with E-state index in [0.29, 0.717) is 5.92 Å². The Morgan fingerprint density at radius 2 is 2.06 bits per heavy atom. The number of aryl methyl sites for hydroxylation is 1. The van der Waals surface area contributed by atoms with Crippen LogP contribution in [0.2, 0.25) is 0 Å². The van der Waals surface area contributed by atoms with E-state index in [1.165, 1.54) is 0 Å². The Morgan fingerprint density at radius 1 is 1.41 bits per heavy atom. The molecule has 1 aromatic heterocycles. The van der Waals surface area contributed by atoms with Gasteiger partial charge in [-0.15, -0.1) is 10.2 Å². The summed E-state index contributed by atoms with van der Waals surface area (Å²) in [4.78, 5) is 0. The Bertz CT molecular complexity index is 506. The van der Waals surface area contributed by atoms with Gasteiger partial charge in [0.2, 0.25) is 0 Å². The van der Waals surface area contributed by atoms with Crippen LogP contribution in [0.25, 0.3) is 0 Å². The maximum absolute atomic E-state index is 11.4. The molecule has 0 spiro atoms. The van der Waals surface area contributed by atoms with Crippen molar-refractivity contribution in [3.8, 4) is 0 Å². The zero-order valence-corrected chi connectivity index (χ0v) is 11.5. The van der Waals surface area contributed by atoms with Crippen molar-refractivity contribution in [2.24, 2.45) is 5.92 Å². The zero-order valence-electron chi connectivity index (χ0n) is 9.93. The number of rotatable bonds is 5. The Kier molecular flexibility index (Phi) is 3.45. The van der Waals surface area contributed by atoms with Crippen molar-refractivity contribution in [1.82, 2.24) is 14.8 Å². The van der Waals surface area contributed by atoms with E-state index in [1.54, 1.807) is 4.57 Å². The maximum Gasteiger partial charge on any atom is 0.296 e. The third-order valence-corrected chi connectivity index (χ3v) is 3.94. The van der Waals surface area contributed by atoms with Crippen LogP contribution in [0.1, 0.15) is 45.0 Å². The molecule has 0 aliphatic heterocycles. The monoisotopic (exact) mass is 277 g/mol. The highest BCUT2D eigenvalue weighted by atomic mass is 35.7. The molecule has 1 aliphatic carbocycles. The van der Waals surface area contributed by atoms with Gasteiger partial charge in [-0.2, -0.15) is 0 Å². The Balaban J connectivity index is 2.30. The topological polar surface area (TPSA) is 64.8 Å². The van der Waals surface area contributed by atoms with Gasteiger partial charge in [0, 0.05) is 23.1 Å². The van der Waals surface area contributed by atoms with Gasteiger partial charge in [-0.05, 0) is 25.2 Å². The predicted molar refractivity (Wildman–Crippen MR) is 64.5 cm³/mol. The van der Waals surface area contributed by atoms with E-state index in [9.17, 15) is 8.42 Å². The molecule has 0 unspecified atom stereocenters. The summed E-state index contributed by atoms with van der Waals surface area (Å²) in [5, 5.41) is 7.59. The summed E-state index contributed by atoms with van der Waals surface area (Å²) in [5.41, 5.74) is 0. The molecule has 0 radical (unpaired) electrons. The largest absolute Gasteiger partial charge is 0.298 e. The van der Waals surface area contributed by atoms with Crippen LogP contribution < -0.4 is 0 Å². The van der Waals surface area contributed by atoms with Crippen molar-refractivity contribution >= 4 is 19.7 Å². The first-order chi connectivity index (χ1) is 7.89. The van der Waals surface area contributed by atoms with Crippen LogP contribution in [0, 0.1) is 5.92 Å². The van der Waals surface area contributed by atoms with Crippen LogP contribution in [0.3, 0.4) is 0 Å². The van der Waals surface area contributed by atoms with E-state index in [2.05, 4.69) is 24.0 Å². The van der Waals surface area contributed by atoms with Crippen molar-refractivity contribution < 1.29 is 8.42 Å². The summed E-state index contributed by atoms with van der Waals surface area (Å²) in [5.74, 6) is 1.29. The van der Waals surface area contributed by atoms with Crippen molar-refractivity contribution in [2.45, 2.75) is 50.7 Å². The molecule has 1 heterocycles. The summed E-state index contributed by atoms with van der Waals surface area (Å²) < 4.78 is 24.5. The van der Waals surface area contributed by atoms with E-state index < -0.39 is 9.05 Å². The Hall–Kier alpha value is -0.620. The van der Waals surface area contributed by atoms with Gasteiger partial charge in [0.05, 0.1) is 0 Å². The maximum atomic E-state index is 11.4. The van der Waals surface area contributed by atoms with Crippen LogP contribution >= 0.6 is 10.7 Å². The third kappa shape index (κ3) is 2.98. The van der Waals surface area contributed by atoms with E-state index >= 15 is 0 Å². The fraction of sp³-hybridized carbons (Fsp3) is 0.800. The predicted octanol–water partition coefficient (Wildman–Crippen LogP) is 2.13. The van der Waals surface area contributed by atoms with Gasteiger partial charge in [0.25, 0.3) is 14.2 Å². The van der Waals surface area contributed by atoms with Gasteiger partial charge in [0.1, 0.15) is 5.82 Å². The average Bonchev–Trinajstić information content (AvgIpc) is 2.93. The van der Waals surface area contributed by atoms with Crippen LogP contribution in [0.15, 0.2) is 5.16 Å². The average molecular weight is 278 g/mol. The number of nitrogens with zero attached hydrogens (tertiary/aromatic N) is 3. The molecule has 1 aliphatic rings. The first kappa shape index (κ1) is 12.8. The quantitative estimate of drug-likeness (QED) is 0.774. The lowest BCUT2D eigenvalue weighted by atomic mass is 10.1. The molecule has 1 aromatic rings. The summed E-state index contributed by atoms with van der Waals surface area (Å²) in [6.45, 7) is 4.24. The standard InChI is InChI=1S/C10H16ClN3O2S/c1-7(2)3-6-9-12-13-10(17(11,15)16)14(9)8-4-5-8/h7-8H,3-6H2,1-2H3. The van der Waals surface area contributed by atoms with Crippen molar-refractivity contribution in [3.63, 3.8) is 0 Å². The molecule has 0 atom stereocenters. The summed E-state index contributed by atoms with van der Waals surface area (Å²) in [7, 11) is 1.57. The molecule has 5 nitrogen and oxygen atoms in total. The van der Waals surface area contributed by atoms with Gasteiger partial charge in [-0.3, -0.25) is 4.57 Å². The molecule has 2 rings (SSSR count). The molecule has 7 heteroatoms. The van der Waals surface area contributed by atoms with Crippen LogP contribution in [-0.2, 0) is 15.5 Å². The first-order valence-corrected chi connectivity index (χ1v) is 8.09. The molecule has 17 heavy (non-hydrogen) atoms. The normalized spacial score (nSPS) is 16.7. The molecule has 1 saturated carbocycles. The van der Waals surface area contributed by atoms with Crippen molar-refractivity contribution in [3.05, 3.63) is 5.82 Å². The van der Waals surface area contributed by atoms with E-state index in [0.717, 1.165) is 31.5 Å². The molecule has 0 N–H and O–H groups in total. The highest BCUT2D eigenvalue weighted by Gasteiger charge is 2.33. The zero-order chi connectivity index (χ0) is 12.6. The SMILES string of the molecule is CC(C)CCc1nnc(S(=O)(=O)Cl)n1C1CC1. The Labute approximate surface area is 106 Å². The minimum Gasteiger partial charge on any atom is -0.298 e. The molecule has 1 fully saturated rings. The number of hydrogen-bond donors (Lipinski definition) is 0. The summed E-state index contributed by atoms with van der Waals surface area (Å²) in [6, 6.07) is 0.218. The minimum atomic E-state index is -3.79. The molecule has 0 bridgehead atoms. The van der Waals surface area contributed by atoms with E-state index in [-0.39, 0.29) is 11.2 Å². The number of halogens is 1. The summed E-state index contributed by atoms with van der Waals surface area (Å²) >= 11 is 0. The fourth-order valence-electron chi connectivity index (χ4n) is 1.76. The molecule has 0 amide bonds. The molecule has 0 aromatic carbocycles. The molecular formula is C10H16ClN3O2S. The first-order valence-electron chi connectivity index (χ1n) is 5.78. The van der Waals surface area contributed by atoms with Gasteiger partial charge >= 0.3 is 0 Å². The van der Waals surface area contributed by atoms with Crippen LogP contribution in [0.4, 0.5) is 0 Å². The Morgan fingerprint density at radius 3 is 2.53 bits per heavy atom.